The number of benzene rings is 1. The zero-order valence-corrected chi connectivity index (χ0v) is 13.4. The average molecular weight is 345 g/mol. The molecule has 0 aliphatic carbocycles. The number of aromatic nitrogens is 2. The standard InChI is InChI=1S/C17H13ClN2O4/c1-10-3-2-6-20-15(22)8-12(19-16(10)20)9-24-17(23)13-5-4-11(18)7-14(13)21/h2-8,21H,9H2,1H3. The maximum atomic E-state index is 12.1. The van der Waals surface area contributed by atoms with E-state index in [4.69, 9.17) is 16.3 Å². The molecule has 1 aromatic carbocycles. The van der Waals surface area contributed by atoms with Gasteiger partial charge in [0.15, 0.2) is 0 Å². The highest BCUT2D eigenvalue weighted by Gasteiger charge is 2.14. The van der Waals surface area contributed by atoms with Gasteiger partial charge >= 0.3 is 5.97 Å². The maximum Gasteiger partial charge on any atom is 0.342 e. The quantitative estimate of drug-likeness (QED) is 0.739. The van der Waals surface area contributed by atoms with Crippen molar-refractivity contribution >= 4 is 23.2 Å². The molecule has 0 saturated carbocycles. The highest BCUT2D eigenvalue weighted by atomic mass is 35.5. The first-order valence-corrected chi connectivity index (χ1v) is 7.47. The third-order valence-corrected chi connectivity index (χ3v) is 3.71. The van der Waals surface area contributed by atoms with Gasteiger partial charge in [-0.25, -0.2) is 9.78 Å². The minimum atomic E-state index is -0.726. The van der Waals surface area contributed by atoms with Gasteiger partial charge in [0.05, 0.1) is 5.69 Å². The lowest BCUT2D eigenvalue weighted by molar-refractivity contribution is 0.0464. The number of carbonyl (C=O) groups excluding carboxylic acids is 1. The molecule has 0 spiro atoms. The number of esters is 1. The Labute approximate surface area is 141 Å². The molecule has 1 N–H and O–H groups in total. The minimum Gasteiger partial charge on any atom is -0.507 e. The van der Waals surface area contributed by atoms with Crippen molar-refractivity contribution in [2.75, 3.05) is 0 Å². The number of pyridine rings is 1. The predicted octanol–water partition coefficient (Wildman–Crippen LogP) is 2.72. The molecule has 0 atom stereocenters. The SMILES string of the molecule is Cc1cccn2c(=O)cc(COC(=O)c3ccc(Cl)cc3O)nc12. The van der Waals surface area contributed by atoms with E-state index < -0.39 is 5.97 Å². The number of halogens is 1. The molecule has 3 rings (SSSR count). The summed E-state index contributed by atoms with van der Waals surface area (Å²) in [6, 6.07) is 9.00. The van der Waals surface area contributed by atoms with Gasteiger partial charge in [0, 0.05) is 17.3 Å². The second-order valence-electron chi connectivity index (χ2n) is 5.21. The summed E-state index contributed by atoms with van der Waals surface area (Å²) in [7, 11) is 0. The molecule has 122 valence electrons. The molecule has 7 heteroatoms. The van der Waals surface area contributed by atoms with E-state index in [1.54, 1.807) is 12.3 Å². The summed E-state index contributed by atoms with van der Waals surface area (Å²) < 4.78 is 6.55. The first-order chi connectivity index (χ1) is 11.5. The van der Waals surface area contributed by atoms with Gasteiger partial charge in [0.1, 0.15) is 23.6 Å². The molecule has 6 nitrogen and oxygen atoms in total. The van der Waals surface area contributed by atoms with Crippen LogP contribution in [-0.2, 0) is 11.3 Å². The topological polar surface area (TPSA) is 80.9 Å². The largest absolute Gasteiger partial charge is 0.507 e. The van der Waals surface area contributed by atoms with Crippen LogP contribution in [0.25, 0.3) is 5.65 Å². The molecule has 24 heavy (non-hydrogen) atoms. The first kappa shape index (κ1) is 16.0. The zero-order valence-electron chi connectivity index (χ0n) is 12.7. The third kappa shape index (κ3) is 3.09. The zero-order chi connectivity index (χ0) is 17.3. The van der Waals surface area contributed by atoms with Crippen molar-refractivity contribution < 1.29 is 14.6 Å². The van der Waals surface area contributed by atoms with Crippen LogP contribution < -0.4 is 5.56 Å². The number of aromatic hydroxyl groups is 1. The summed E-state index contributed by atoms with van der Waals surface area (Å²) in [4.78, 5) is 28.5. The number of phenols is 1. The summed E-state index contributed by atoms with van der Waals surface area (Å²) in [5, 5.41) is 10.0. The lowest BCUT2D eigenvalue weighted by Gasteiger charge is -2.08. The van der Waals surface area contributed by atoms with Crippen LogP contribution in [0.15, 0.2) is 47.4 Å². The number of rotatable bonds is 3. The fraction of sp³-hybridized carbons (Fsp3) is 0.118. The van der Waals surface area contributed by atoms with E-state index in [1.807, 2.05) is 13.0 Å². The molecule has 2 aromatic heterocycles. The summed E-state index contributed by atoms with van der Waals surface area (Å²) in [5.74, 6) is -0.995. The highest BCUT2D eigenvalue weighted by Crippen LogP contribution is 2.22. The Balaban J connectivity index is 1.84. The third-order valence-electron chi connectivity index (χ3n) is 3.47. The Morgan fingerprint density at radius 1 is 1.33 bits per heavy atom. The second kappa shape index (κ2) is 6.33. The smallest absolute Gasteiger partial charge is 0.342 e. The van der Waals surface area contributed by atoms with E-state index in [0.29, 0.717) is 16.4 Å². The lowest BCUT2D eigenvalue weighted by atomic mass is 10.2. The molecule has 0 radical (unpaired) electrons. The average Bonchev–Trinajstić information content (AvgIpc) is 2.53. The Morgan fingerprint density at radius 2 is 2.12 bits per heavy atom. The van der Waals surface area contributed by atoms with Gasteiger partial charge in [0.25, 0.3) is 5.56 Å². The van der Waals surface area contributed by atoms with E-state index in [-0.39, 0.29) is 23.5 Å². The van der Waals surface area contributed by atoms with E-state index >= 15 is 0 Å². The summed E-state index contributed by atoms with van der Waals surface area (Å²) in [5.41, 5.74) is 1.40. The Morgan fingerprint density at radius 3 is 2.88 bits per heavy atom. The van der Waals surface area contributed by atoms with Gasteiger partial charge in [-0.05, 0) is 36.8 Å². The summed E-state index contributed by atoms with van der Waals surface area (Å²) >= 11 is 5.72. The molecule has 0 bridgehead atoms. The number of fused-ring (bicyclic) bond motifs is 1. The van der Waals surface area contributed by atoms with Crippen LogP contribution in [0, 0.1) is 6.92 Å². The second-order valence-corrected chi connectivity index (χ2v) is 5.64. The van der Waals surface area contributed by atoms with E-state index in [2.05, 4.69) is 4.98 Å². The Bertz CT molecular complexity index is 998. The molecule has 0 amide bonds. The van der Waals surface area contributed by atoms with Gasteiger partial charge in [-0.2, -0.15) is 0 Å². The molecule has 0 aliphatic heterocycles. The fourth-order valence-electron chi connectivity index (χ4n) is 2.28. The number of ether oxygens (including phenoxy) is 1. The Kier molecular flexibility index (Phi) is 4.22. The van der Waals surface area contributed by atoms with Crippen molar-refractivity contribution in [2.24, 2.45) is 0 Å². The maximum absolute atomic E-state index is 12.1. The van der Waals surface area contributed by atoms with Crippen molar-refractivity contribution in [3.05, 3.63) is 74.8 Å². The van der Waals surface area contributed by atoms with E-state index in [9.17, 15) is 14.7 Å². The number of carbonyl (C=O) groups is 1. The molecule has 0 fully saturated rings. The van der Waals surface area contributed by atoms with Crippen molar-refractivity contribution in [3.63, 3.8) is 0 Å². The molecular weight excluding hydrogens is 332 g/mol. The molecular formula is C17H13ClN2O4. The normalized spacial score (nSPS) is 10.8. The minimum absolute atomic E-state index is 0.00640. The Hall–Kier alpha value is -2.86. The van der Waals surface area contributed by atoms with Crippen LogP contribution >= 0.6 is 11.6 Å². The van der Waals surface area contributed by atoms with Gasteiger partial charge in [-0.3, -0.25) is 9.20 Å². The fourth-order valence-corrected chi connectivity index (χ4v) is 2.44. The number of hydrogen-bond donors (Lipinski definition) is 1. The van der Waals surface area contributed by atoms with Crippen LogP contribution in [0.2, 0.25) is 5.02 Å². The summed E-state index contributed by atoms with van der Waals surface area (Å²) in [6.45, 7) is 1.66. The number of aryl methyl sites for hydroxylation is 1. The first-order valence-electron chi connectivity index (χ1n) is 7.09. The predicted molar refractivity (Wildman–Crippen MR) is 88.4 cm³/mol. The van der Waals surface area contributed by atoms with Crippen LogP contribution in [0.4, 0.5) is 0 Å². The van der Waals surface area contributed by atoms with Gasteiger partial charge in [0.2, 0.25) is 0 Å². The van der Waals surface area contributed by atoms with Crippen molar-refractivity contribution in [1.29, 1.82) is 0 Å². The number of nitrogens with zero attached hydrogens (tertiary/aromatic N) is 2. The molecule has 0 aliphatic rings. The van der Waals surface area contributed by atoms with E-state index in [1.165, 1.54) is 28.7 Å². The van der Waals surface area contributed by atoms with E-state index in [0.717, 1.165) is 5.56 Å². The highest BCUT2D eigenvalue weighted by molar-refractivity contribution is 6.30. The molecule has 2 heterocycles. The van der Waals surface area contributed by atoms with Crippen LogP contribution in [0.5, 0.6) is 5.75 Å². The monoisotopic (exact) mass is 344 g/mol. The number of phenolic OH excluding ortho intramolecular Hbond substituents is 1. The molecule has 0 unspecified atom stereocenters. The summed E-state index contributed by atoms with van der Waals surface area (Å²) in [6.07, 6.45) is 1.62. The van der Waals surface area contributed by atoms with Crippen LogP contribution in [-0.4, -0.2) is 20.5 Å². The van der Waals surface area contributed by atoms with Crippen molar-refractivity contribution in [1.82, 2.24) is 9.38 Å². The van der Waals surface area contributed by atoms with Crippen molar-refractivity contribution in [2.45, 2.75) is 13.5 Å². The molecule has 0 saturated heterocycles. The van der Waals surface area contributed by atoms with Gasteiger partial charge in [-0.15, -0.1) is 0 Å². The molecule has 3 aromatic rings. The van der Waals surface area contributed by atoms with Crippen LogP contribution in [0.3, 0.4) is 0 Å². The lowest BCUT2D eigenvalue weighted by Crippen LogP contribution is -2.17. The van der Waals surface area contributed by atoms with Gasteiger partial charge in [-0.1, -0.05) is 17.7 Å². The number of hydrogen-bond acceptors (Lipinski definition) is 5. The van der Waals surface area contributed by atoms with Crippen molar-refractivity contribution in [3.8, 4) is 5.75 Å². The van der Waals surface area contributed by atoms with Gasteiger partial charge < -0.3 is 9.84 Å². The van der Waals surface area contributed by atoms with Crippen LogP contribution in [0.1, 0.15) is 21.6 Å².